The molecule has 17 heavy (non-hydrogen) atoms. The van der Waals surface area contributed by atoms with E-state index in [1.54, 1.807) is 25.5 Å². The number of carbonyl (C=O) groups is 1. The van der Waals surface area contributed by atoms with Crippen LogP contribution >= 0.6 is 27.3 Å². The number of rotatable bonds is 5. The molecule has 1 aromatic heterocycles. The first-order chi connectivity index (χ1) is 7.84. The average Bonchev–Trinajstić information content (AvgIpc) is 2.64. The Morgan fingerprint density at radius 3 is 2.65 bits per heavy atom. The highest BCUT2D eigenvalue weighted by Gasteiger charge is 2.19. The standard InChI is InChI=1S/C9H13BrN2O3S2/c1-12(2)8(13)3-5-11-17(14,15)9-7(10)4-6-16-9/h4,6,11H,3,5H2,1-2H3. The lowest BCUT2D eigenvalue weighted by atomic mass is 10.4. The fraction of sp³-hybridized carbons (Fsp3) is 0.444. The van der Waals surface area contributed by atoms with E-state index < -0.39 is 10.0 Å². The molecule has 0 aliphatic carbocycles. The lowest BCUT2D eigenvalue weighted by Crippen LogP contribution is -2.30. The maximum Gasteiger partial charge on any atom is 0.251 e. The summed E-state index contributed by atoms with van der Waals surface area (Å²) in [6, 6.07) is 1.67. The molecule has 0 aromatic carbocycles. The van der Waals surface area contributed by atoms with Crippen molar-refractivity contribution in [1.82, 2.24) is 9.62 Å². The lowest BCUT2D eigenvalue weighted by molar-refractivity contribution is -0.128. The second-order valence-corrected chi connectivity index (χ2v) is 7.22. The lowest BCUT2D eigenvalue weighted by Gasteiger charge is -2.10. The number of sulfonamides is 1. The van der Waals surface area contributed by atoms with Crippen molar-refractivity contribution in [3.63, 3.8) is 0 Å². The molecule has 5 nitrogen and oxygen atoms in total. The smallest absolute Gasteiger partial charge is 0.251 e. The zero-order valence-corrected chi connectivity index (χ0v) is 12.7. The van der Waals surface area contributed by atoms with Gasteiger partial charge in [-0.05, 0) is 27.4 Å². The Morgan fingerprint density at radius 1 is 1.53 bits per heavy atom. The van der Waals surface area contributed by atoms with Crippen molar-refractivity contribution in [3.8, 4) is 0 Å². The molecular formula is C9H13BrN2O3S2. The molecule has 1 amide bonds. The third-order valence-corrected chi connectivity index (χ3v) is 6.09. The fourth-order valence-corrected chi connectivity index (χ4v) is 4.47. The molecular weight excluding hydrogens is 328 g/mol. The third-order valence-electron chi connectivity index (χ3n) is 1.96. The van der Waals surface area contributed by atoms with Gasteiger partial charge in [0.15, 0.2) is 0 Å². The molecule has 0 bridgehead atoms. The first-order valence-electron chi connectivity index (χ1n) is 4.77. The Kier molecular flexibility index (Phi) is 5.11. The van der Waals surface area contributed by atoms with E-state index in [2.05, 4.69) is 20.7 Å². The number of thiophene rings is 1. The normalized spacial score (nSPS) is 11.5. The van der Waals surface area contributed by atoms with Gasteiger partial charge in [-0.1, -0.05) is 0 Å². The summed E-state index contributed by atoms with van der Waals surface area (Å²) in [5.74, 6) is -0.113. The number of nitrogens with one attached hydrogen (secondary N) is 1. The number of carbonyl (C=O) groups excluding carboxylic acids is 1. The molecule has 0 radical (unpaired) electrons. The predicted molar refractivity (Wildman–Crippen MR) is 70.5 cm³/mol. The zero-order chi connectivity index (χ0) is 13.1. The minimum absolute atomic E-state index is 0.101. The van der Waals surface area contributed by atoms with Crippen molar-refractivity contribution in [1.29, 1.82) is 0 Å². The largest absolute Gasteiger partial charge is 0.349 e. The second-order valence-electron chi connectivity index (χ2n) is 3.49. The number of nitrogens with zero attached hydrogens (tertiary/aromatic N) is 1. The second kappa shape index (κ2) is 5.94. The van der Waals surface area contributed by atoms with Gasteiger partial charge in [0.1, 0.15) is 4.21 Å². The molecule has 0 atom stereocenters. The predicted octanol–water partition coefficient (Wildman–Crippen LogP) is 1.27. The highest BCUT2D eigenvalue weighted by atomic mass is 79.9. The summed E-state index contributed by atoms with van der Waals surface area (Å²) in [7, 11) is -0.255. The summed E-state index contributed by atoms with van der Waals surface area (Å²) < 4.78 is 26.8. The van der Waals surface area contributed by atoms with Gasteiger partial charge in [0.05, 0.1) is 0 Å². The van der Waals surface area contributed by atoms with Gasteiger partial charge in [-0.3, -0.25) is 4.79 Å². The SMILES string of the molecule is CN(C)C(=O)CCNS(=O)(=O)c1sccc1Br. The van der Waals surface area contributed by atoms with Crippen molar-refractivity contribution in [2.45, 2.75) is 10.6 Å². The maximum absolute atomic E-state index is 11.8. The van der Waals surface area contributed by atoms with Crippen molar-refractivity contribution < 1.29 is 13.2 Å². The molecule has 0 saturated heterocycles. The minimum Gasteiger partial charge on any atom is -0.349 e. The van der Waals surface area contributed by atoms with Gasteiger partial charge in [-0.2, -0.15) is 0 Å². The topological polar surface area (TPSA) is 66.5 Å². The summed E-state index contributed by atoms with van der Waals surface area (Å²) in [4.78, 5) is 12.7. The molecule has 0 fully saturated rings. The highest BCUT2D eigenvalue weighted by molar-refractivity contribution is 9.10. The number of hydrogen-bond donors (Lipinski definition) is 1. The van der Waals surface area contributed by atoms with Gasteiger partial charge in [-0.25, -0.2) is 13.1 Å². The van der Waals surface area contributed by atoms with Crippen molar-refractivity contribution in [3.05, 3.63) is 15.9 Å². The van der Waals surface area contributed by atoms with Crippen molar-refractivity contribution in [2.75, 3.05) is 20.6 Å². The molecule has 1 aromatic rings. The summed E-state index contributed by atoms with van der Waals surface area (Å²) in [5.41, 5.74) is 0. The van der Waals surface area contributed by atoms with Gasteiger partial charge in [0.25, 0.3) is 10.0 Å². The van der Waals surface area contributed by atoms with Crippen LogP contribution in [0, 0.1) is 0 Å². The monoisotopic (exact) mass is 340 g/mol. The summed E-state index contributed by atoms with van der Waals surface area (Å²) in [5, 5.41) is 1.68. The number of halogens is 1. The fourth-order valence-electron chi connectivity index (χ4n) is 1.05. The Morgan fingerprint density at radius 2 is 2.18 bits per heavy atom. The van der Waals surface area contributed by atoms with E-state index >= 15 is 0 Å². The van der Waals surface area contributed by atoms with Gasteiger partial charge >= 0.3 is 0 Å². The Hall–Kier alpha value is -0.440. The maximum atomic E-state index is 11.8. The summed E-state index contributed by atoms with van der Waals surface area (Å²) in [6.45, 7) is 0.101. The Balaban J connectivity index is 2.58. The van der Waals surface area contributed by atoms with E-state index in [9.17, 15) is 13.2 Å². The molecule has 0 aliphatic rings. The zero-order valence-electron chi connectivity index (χ0n) is 9.44. The van der Waals surface area contributed by atoms with Crippen LogP contribution in [0.2, 0.25) is 0 Å². The first kappa shape index (κ1) is 14.6. The minimum atomic E-state index is -3.52. The van der Waals surface area contributed by atoms with Crippen LogP contribution in [-0.2, 0) is 14.8 Å². The Bertz CT molecular complexity index is 496. The number of hydrogen-bond acceptors (Lipinski definition) is 4. The Labute approximate surface area is 113 Å². The molecule has 0 saturated carbocycles. The van der Waals surface area contributed by atoms with Gasteiger partial charge < -0.3 is 4.90 Å². The molecule has 0 spiro atoms. The van der Waals surface area contributed by atoms with Gasteiger partial charge in [-0.15, -0.1) is 11.3 Å². The van der Waals surface area contributed by atoms with Crippen LogP contribution in [0.1, 0.15) is 6.42 Å². The molecule has 1 rings (SSSR count). The van der Waals surface area contributed by atoms with Crippen LogP contribution in [0.5, 0.6) is 0 Å². The highest BCUT2D eigenvalue weighted by Crippen LogP contribution is 2.27. The average molecular weight is 341 g/mol. The van der Waals surface area contributed by atoms with Crippen LogP contribution < -0.4 is 4.72 Å². The van der Waals surface area contributed by atoms with Crippen LogP contribution in [0.15, 0.2) is 20.1 Å². The van der Waals surface area contributed by atoms with Crippen LogP contribution in [0.4, 0.5) is 0 Å². The van der Waals surface area contributed by atoms with Gasteiger partial charge in [0, 0.05) is 31.5 Å². The van der Waals surface area contributed by atoms with Crippen LogP contribution in [0.3, 0.4) is 0 Å². The molecule has 0 unspecified atom stereocenters. The van der Waals surface area contributed by atoms with E-state index in [1.165, 1.54) is 4.90 Å². The molecule has 8 heteroatoms. The third kappa shape index (κ3) is 4.06. The first-order valence-corrected chi connectivity index (χ1v) is 7.93. The van der Waals surface area contributed by atoms with E-state index in [1.807, 2.05) is 0 Å². The van der Waals surface area contributed by atoms with Crippen LogP contribution in [0.25, 0.3) is 0 Å². The van der Waals surface area contributed by atoms with E-state index in [0.29, 0.717) is 4.47 Å². The van der Waals surface area contributed by atoms with E-state index in [4.69, 9.17) is 0 Å². The molecule has 96 valence electrons. The van der Waals surface area contributed by atoms with Crippen molar-refractivity contribution >= 4 is 43.2 Å². The molecule has 0 aliphatic heterocycles. The van der Waals surface area contributed by atoms with Crippen LogP contribution in [-0.4, -0.2) is 39.9 Å². The van der Waals surface area contributed by atoms with E-state index in [-0.39, 0.29) is 23.1 Å². The summed E-state index contributed by atoms with van der Waals surface area (Å²) >= 11 is 4.29. The van der Waals surface area contributed by atoms with Crippen molar-refractivity contribution in [2.24, 2.45) is 0 Å². The van der Waals surface area contributed by atoms with E-state index in [0.717, 1.165) is 11.3 Å². The molecule has 1 N–H and O–H groups in total. The molecule has 1 heterocycles. The summed E-state index contributed by atoms with van der Waals surface area (Å²) in [6.07, 6.45) is 0.148. The quantitative estimate of drug-likeness (QED) is 0.877. The number of amides is 1. The van der Waals surface area contributed by atoms with Gasteiger partial charge in [0.2, 0.25) is 5.91 Å².